The first-order valence-corrected chi connectivity index (χ1v) is 6.92. The second kappa shape index (κ2) is 6.17. The van der Waals surface area contributed by atoms with Crippen molar-refractivity contribution in [1.29, 1.82) is 0 Å². The molecule has 1 aliphatic rings. The zero-order chi connectivity index (χ0) is 14.0. The summed E-state index contributed by atoms with van der Waals surface area (Å²) in [6, 6.07) is 1.62. The Hall–Kier alpha value is -1.69. The molecule has 0 radical (unpaired) electrons. The van der Waals surface area contributed by atoms with Gasteiger partial charge in [0.05, 0.1) is 13.2 Å². The summed E-state index contributed by atoms with van der Waals surface area (Å²) in [6.07, 6.45) is 0. The number of nitrogens with zero attached hydrogens (tertiary/aromatic N) is 3. The van der Waals surface area contributed by atoms with Gasteiger partial charge in [0.25, 0.3) is 0 Å². The average molecular weight is 308 g/mol. The molecule has 2 rings (SSSR count). The Bertz CT molecular complexity index is 549. The van der Waals surface area contributed by atoms with E-state index in [1.807, 2.05) is 4.90 Å². The Morgan fingerprint density at radius 3 is 2.60 bits per heavy atom. The predicted octanol–water partition coefficient (Wildman–Crippen LogP) is -1.85. The number of anilines is 2. The molecular weight excluding hydrogens is 292 g/mol. The highest BCUT2D eigenvalue weighted by molar-refractivity contribution is 7.80. The maximum absolute atomic E-state index is 10.7. The quantitative estimate of drug-likeness (QED) is 0.484. The van der Waals surface area contributed by atoms with E-state index in [1.165, 1.54) is 0 Å². The normalized spacial score (nSPS) is 15.6. The van der Waals surface area contributed by atoms with E-state index >= 15 is 0 Å². The SMILES string of the molecule is Cc1cc(N2CCOCC2)nc(N)[n+]1OS(=O)(=O)O.[OH-]. The number of aromatic nitrogens is 2. The van der Waals surface area contributed by atoms with Crippen LogP contribution in [0.5, 0.6) is 0 Å². The van der Waals surface area contributed by atoms with Crippen LogP contribution in [-0.2, 0) is 15.1 Å². The molecule has 0 bridgehead atoms. The summed E-state index contributed by atoms with van der Waals surface area (Å²) >= 11 is 0. The van der Waals surface area contributed by atoms with Crippen molar-refractivity contribution >= 4 is 22.2 Å². The van der Waals surface area contributed by atoms with E-state index in [0.29, 0.717) is 37.8 Å². The number of nitrogens with two attached hydrogens (primary N) is 1. The molecule has 0 spiro atoms. The van der Waals surface area contributed by atoms with Crippen LogP contribution < -0.4 is 19.6 Å². The maximum atomic E-state index is 10.7. The summed E-state index contributed by atoms with van der Waals surface area (Å²) in [7, 11) is -4.65. The topological polar surface area (TPSA) is 149 Å². The highest BCUT2D eigenvalue weighted by Crippen LogP contribution is 2.13. The molecule has 0 aliphatic carbocycles. The van der Waals surface area contributed by atoms with Gasteiger partial charge in [-0.25, -0.2) is 4.28 Å². The number of rotatable bonds is 3. The third-order valence-corrected chi connectivity index (χ3v) is 2.94. The Morgan fingerprint density at radius 2 is 2.10 bits per heavy atom. The van der Waals surface area contributed by atoms with Gasteiger partial charge >= 0.3 is 16.3 Å². The predicted molar refractivity (Wildman–Crippen MR) is 66.7 cm³/mol. The minimum absolute atomic E-state index is 0. The number of morpholine rings is 1. The van der Waals surface area contributed by atoms with Crippen LogP contribution in [0.1, 0.15) is 5.69 Å². The lowest BCUT2D eigenvalue weighted by molar-refractivity contribution is -0.851. The third-order valence-electron chi connectivity index (χ3n) is 2.60. The van der Waals surface area contributed by atoms with Crippen LogP contribution >= 0.6 is 0 Å². The summed E-state index contributed by atoms with van der Waals surface area (Å²) in [5.41, 5.74) is 6.02. The van der Waals surface area contributed by atoms with Crippen LogP contribution in [0.3, 0.4) is 0 Å². The summed E-state index contributed by atoms with van der Waals surface area (Å²) in [5.74, 6) is 0.438. The van der Waals surface area contributed by atoms with Crippen LogP contribution in [0, 0.1) is 6.92 Å². The first-order valence-electron chi connectivity index (χ1n) is 5.56. The highest BCUT2D eigenvalue weighted by Gasteiger charge is 2.23. The Labute approximate surface area is 115 Å². The summed E-state index contributed by atoms with van der Waals surface area (Å²) in [5, 5.41) is 0. The fourth-order valence-electron chi connectivity index (χ4n) is 1.77. The van der Waals surface area contributed by atoms with Crippen LogP contribution in [0.25, 0.3) is 0 Å². The van der Waals surface area contributed by atoms with Gasteiger partial charge in [0.1, 0.15) is 5.69 Å². The van der Waals surface area contributed by atoms with Crippen LogP contribution in [0.2, 0.25) is 0 Å². The van der Waals surface area contributed by atoms with Gasteiger partial charge in [0.15, 0.2) is 0 Å². The van der Waals surface area contributed by atoms with E-state index in [2.05, 4.69) is 9.27 Å². The van der Waals surface area contributed by atoms with Crippen LogP contribution in [0.15, 0.2) is 6.07 Å². The summed E-state index contributed by atoms with van der Waals surface area (Å²) < 4.78 is 40.3. The average Bonchev–Trinajstić information content (AvgIpc) is 2.33. The van der Waals surface area contributed by atoms with Gasteiger partial charge in [0, 0.05) is 19.2 Å². The molecule has 0 amide bonds. The molecule has 1 aromatic heterocycles. The van der Waals surface area contributed by atoms with Gasteiger partial charge in [-0.1, -0.05) is 4.98 Å². The molecule has 4 N–H and O–H groups in total. The second-order valence-corrected chi connectivity index (χ2v) is 5.01. The van der Waals surface area contributed by atoms with Gasteiger partial charge < -0.3 is 15.1 Å². The molecule has 0 unspecified atom stereocenters. The van der Waals surface area contributed by atoms with Gasteiger partial charge in [-0.3, -0.25) is 10.3 Å². The van der Waals surface area contributed by atoms with E-state index in [-0.39, 0.29) is 11.4 Å². The molecular formula is C9H16N4O6S. The molecule has 114 valence electrons. The molecule has 1 aromatic rings. The molecule has 11 heteroatoms. The van der Waals surface area contributed by atoms with Crippen molar-refractivity contribution in [3.05, 3.63) is 11.8 Å². The minimum Gasteiger partial charge on any atom is -0.870 e. The molecule has 0 aromatic carbocycles. The van der Waals surface area contributed by atoms with Crippen molar-refractivity contribution in [2.45, 2.75) is 6.92 Å². The molecule has 0 saturated carbocycles. The van der Waals surface area contributed by atoms with E-state index in [0.717, 1.165) is 4.73 Å². The van der Waals surface area contributed by atoms with Crippen LogP contribution in [0.4, 0.5) is 11.8 Å². The smallest absolute Gasteiger partial charge is 0.476 e. The van der Waals surface area contributed by atoms with Crippen molar-refractivity contribution in [1.82, 2.24) is 4.98 Å². The molecule has 0 atom stereocenters. The number of hydrogen-bond acceptors (Lipinski definition) is 8. The number of aryl methyl sites for hydroxylation is 1. The Morgan fingerprint density at radius 1 is 1.50 bits per heavy atom. The standard InChI is InChI=1S/C9H14N4O5S.H2O/c1-7-6-8(12-2-4-17-5-3-12)11-9(10)13(7)18-19(14,15)16;/h6,10H,2-5H2,1H3,(H,14,15,16);1H2. The van der Waals surface area contributed by atoms with E-state index in [1.54, 1.807) is 13.0 Å². The third kappa shape index (κ3) is 3.90. The largest absolute Gasteiger partial charge is 0.870 e. The first kappa shape index (κ1) is 16.4. The van der Waals surface area contributed by atoms with Gasteiger partial charge in [0.2, 0.25) is 5.82 Å². The molecule has 20 heavy (non-hydrogen) atoms. The second-order valence-electron chi connectivity index (χ2n) is 4.01. The lowest BCUT2D eigenvalue weighted by atomic mass is 10.3. The minimum atomic E-state index is -4.65. The van der Waals surface area contributed by atoms with Crippen molar-refractivity contribution in [2.24, 2.45) is 0 Å². The lowest BCUT2D eigenvalue weighted by Crippen LogP contribution is -2.51. The molecule has 1 fully saturated rings. The van der Waals surface area contributed by atoms with E-state index < -0.39 is 10.4 Å². The first-order chi connectivity index (χ1) is 8.87. The Balaban J connectivity index is 0.00000200. The zero-order valence-electron chi connectivity index (χ0n) is 10.8. The fourth-order valence-corrected chi connectivity index (χ4v) is 2.15. The fraction of sp³-hybridized carbons (Fsp3) is 0.556. The molecule has 1 aliphatic heterocycles. The van der Waals surface area contributed by atoms with Crippen molar-refractivity contribution in [2.75, 3.05) is 36.9 Å². The van der Waals surface area contributed by atoms with E-state index in [4.69, 9.17) is 15.0 Å². The Kier molecular flexibility index (Phi) is 5.05. The highest BCUT2D eigenvalue weighted by atomic mass is 32.3. The van der Waals surface area contributed by atoms with Gasteiger partial charge in [-0.2, -0.15) is 8.42 Å². The van der Waals surface area contributed by atoms with Crippen molar-refractivity contribution in [3.63, 3.8) is 0 Å². The van der Waals surface area contributed by atoms with Gasteiger partial charge in [-0.05, 0) is 11.7 Å². The molecule has 1 saturated heterocycles. The number of ether oxygens (including phenoxy) is 1. The molecule has 10 nitrogen and oxygen atoms in total. The van der Waals surface area contributed by atoms with Crippen LogP contribution in [-0.4, -0.2) is 49.7 Å². The van der Waals surface area contributed by atoms with Crippen molar-refractivity contribution < 1.29 is 32.2 Å². The number of hydrogen-bond donors (Lipinski definition) is 2. The lowest BCUT2D eigenvalue weighted by Gasteiger charge is -2.26. The zero-order valence-corrected chi connectivity index (χ0v) is 11.6. The van der Waals surface area contributed by atoms with Gasteiger partial charge in [-0.15, -0.1) is 0 Å². The van der Waals surface area contributed by atoms with E-state index in [9.17, 15) is 8.42 Å². The monoisotopic (exact) mass is 308 g/mol. The number of nitrogen functional groups attached to an aromatic ring is 1. The summed E-state index contributed by atoms with van der Waals surface area (Å²) in [6.45, 7) is 4.13. The van der Waals surface area contributed by atoms with Crippen molar-refractivity contribution in [3.8, 4) is 0 Å². The molecule has 2 heterocycles. The maximum Gasteiger partial charge on any atom is 0.476 e. The summed E-state index contributed by atoms with van der Waals surface area (Å²) in [4.78, 5) is 6.02.